The van der Waals surface area contributed by atoms with Crippen LogP contribution in [-0.4, -0.2) is 16.7 Å². The van der Waals surface area contributed by atoms with E-state index in [2.05, 4.69) is 15.6 Å². The van der Waals surface area contributed by atoms with Crippen LogP contribution in [-0.2, 0) is 4.74 Å². The second kappa shape index (κ2) is 6.47. The molecule has 116 valence electrons. The average Bonchev–Trinajstić information content (AvgIpc) is 2.41. The van der Waals surface area contributed by atoms with Gasteiger partial charge in [-0.15, -0.1) is 0 Å². The van der Waals surface area contributed by atoms with Crippen LogP contribution in [0.5, 0.6) is 0 Å². The van der Waals surface area contributed by atoms with Crippen LogP contribution in [0.2, 0.25) is 0 Å². The van der Waals surface area contributed by atoms with E-state index in [4.69, 9.17) is 4.74 Å². The highest BCUT2D eigenvalue weighted by molar-refractivity contribution is 5.83. The standard InChI is InChI=1S/C17H21N3O2/c1-12-7-5-6-8-14(12)19-13-9-10-15(18-11-13)20-16(21)22-17(2,3)4/h5-11,19H,1-4H3,(H,18,20,21). The van der Waals surface area contributed by atoms with Crippen LogP contribution in [0.4, 0.5) is 22.0 Å². The highest BCUT2D eigenvalue weighted by atomic mass is 16.6. The SMILES string of the molecule is Cc1ccccc1Nc1ccc(NC(=O)OC(C)(C)C)nc1. The number of hydrogen-bond acceptors (Lipinski definition) is 4. The van der Waals surface area contributed by atoms with Crippen LogP contribution in [0.1, 0.15) is 26.3 Å². The lowest BCUT2D eigenvalue weighted by Gasteiger charge is -2.19. The zero-order valence-corrected chi connectivity index (χ0v) is 13.3. The molecule has 0 fully saturated rings. The molecule has 2 rings (SSSR count). The Bertz CT molecular complexity index is 646. The Labute approximate surface area is 130 Å². The number of hydrogen-bond donors (Lipinski definition) is 2. The fourth-order valence-electron chi connectivity index (χ4n) is 1.82. The summed E-state index contributed by atoms with van der Waals surface area (Å²) in [4.78, 5) is 15.9. The third-order valence-electron chi connectivity index (χ3n) is 2.82. The summed E-state index contributed by atoms with van der Waals surface area (Å²) < 4.78 is 5.18. The van der Waals surface area contributed by atoms with Gasteiger partial charge in [-0.25, -0.2) is 9.78 Å². The molecule has 5 nitrogen and oxygen atoms in total. The van der Waals surface area contributed by atoms with Gasteiger partial charge in [0.1, 0.15) is 11.4 Å². The van der Waals surface area contributed by atoms with Crippen molar-refractivity contribution >= 4 is 23.3 Å². The fourth-order valence-corrected chi connectivity index (χ4v) is 1.82. The highest BCUT2D eigenvalue weighted by Gasteiger charge is 2.16. The zero-order chi connectivity index (χ0) is 16.2. The van der Waals surface area contributed by atoms with Gasteiger partial charge in [0.15, 0.2) is 0 Å². The van der Waals surface area contributed by atoms with Crippen molar-refractivity contribution in [3.05, 3.63) is 48.2 Å². The topological polar surface area (TPSA) is 63.2 Å². The third kappa shape index (κ3) is 4.77. The molecule has 1 aromatic carbocycles. The van der Waals surface area contributed by atoms with Crippen molar-refractivity contribution in [2.45, 2.75) is 33.3 Å². The fraction of sp³-hybridized carbons (Fsp3) is 0.294. The number of carbonyl (C=O) groups is 1. The molecule has 0 saturated heterocycles. The molecular formula is C17H21N3O2. The molecular weight excluding hydrogens is 278 g/mol. The lowest BCUT2D eigenvalue weighted by molar-refractivity contribution is 0.0635. The molecule has 1 amide bonds. The number of nitrogens with one attached hydrogen (secondary N) is 2. The molecule has 5 heteroatoms. The molecule has 0 aliphatic rings. The number of aryl methyl sites for hydroxylation is 1. The smallest absolute Gasteiger partial charge is 0.413 e. The van der Waals surface area contributed by atoms with Gasteiger partial charge in [0.05, 0.1) is 11.9 Å². The van der Waals surface area contributed by atoms with Crippen molar-refractivity contribution in [2.24, 2.45) is 0 Å². The Morgan fingerprint density at radius 2 is 1.86 bits per heavy atom. The molecule has 2 N–H and O–H groups in total. The third-order valence-corrected chi connectivity index (χ3v) is 2.82. The zero-order valence-electron chi connectivity index (χ0n) is 13.3. The Kier molecular flexibility index (Phi) is 4.65. The van der Waals surface area contributed by atoms with Crippen molar-refractivity contribution < 1.29 is 9.53 Å². The van der Waals surface area contributed by atoms with Crippen LogP contribution in [0.15, 0.2) is 42.6 Å². The number of para-hydroxylation sites is 1. The summed E-state index contributed by atoms with van der Waals surface area (Å²) in [5.41, 5.74) is 2.50. The van der Waals surface area contributed by atoms with Crippen molar-refractivity contribution in [3.8, 4) is 0 Å². The van der Waals surface area contributed by atoms with Crippen LogP contribution < -0.4 is 10.6 Å². The quantitative estimate of drug-likeness (QED) is 0.877. The van der Waals surface area contributed by atoms with Gasteiger partial charge in [0.2, 0.25) is 0 Å². The van der Waals surface area contributed by atoms with E-state index in [-0.39, 0.29) is 0 Å². The maximum absolute atomic E-state index is 11.7. The van der Waals surface area contributed by atoms with Gasteiger partial charge in [-0.3, -0.25) is 5.32 Å². The number of benzene rings is 1. The molecule has 1 heterocycles. The largest absolute Gasteiger partial charge is 0.444 e. The number of nitrogens with zero attached hydrogens (tertiary/aromatic N) is 1. The number of rotatable bonds is 3. The van der Waals surface area contributed by atoms with E-state index in [1.165, 1.54) is 0 Å². The van der Waals surface area contributed by atoms with Crippen LogP contribution in [0.25, 0.3) is 0 Å². The summed E-state index contributed by atoms with van der Waals surface area (Å²) in [6.45, 7) is 7.48. The van der Waals surface area contributed by atoms with E-state index >= 15 is 0 Å². The summed E-state index contributed by atoms with van der Waals surface area (Å²) >= 11 is 0. The van der Waals surface area contributed by atoms with Gasteiger partial charge < -0.3 is 10.1 Å². The predicted molar refractivity (Wildman–Crippen MR) is 88.6 cm³/mol. The molecule has 0 saturated carbocycles. The second-order valence-electron chi connectivity index (χ2n) is 6.00. The normalized spacial score (nSPS) is 10.9. The van der Waals surface area contributed by atoms with Gasteiger partial charge in [-0.2, -0.15) is 0 Å². The van der Waals surface area contributed by atoms with Gasteiger partial charge in [0, 0.05) is 5.69 Å². The first kappa shape index (κ1) is 15.8. The minimum absolute atomic E-state index is 0.449. The van der Waals surface area contributed by atoms with Crippen LogP contribution >= 0.6 is 0 Å². The minimum Gasteiger partial charge on any atom is -0.444 e. The van der Waals surface area contributed by atoms with E-state index in [0.29, 0.717) is 5.82 Å². The minimum atomic E-state index is -0.531. The first-order chi connectivity index (χ1) is 10.3. The van der Waals surface area contributed by atoms with E-state index < -0.39 is 11.7 Å². The molecule has 0 unspecified atom stereocenters. The number of aromatic nitrogens is 1. The van der Waals surface area contributed by atoms with Crippen LogP contribution in [0, 0.1) is 6.92 Å². The summed E-state index contributed by atoms with van der Waals surface area (Å²) in [6, 6.07) is 11.6. The van der Waals surface area contributed by atoms with E-state index in [1.54, 1.807) is 12.3 Å². The molecule has 0 bridgehead atoms. The summed E-state index contributed by atoms with van der Waals surface area (Å²) in [7, 11) is 0. The van der Waals surface area contributed by atoms with Gasteiger partial charge in [-0.05, 0) is 51.5 Å². The monoisotopic (exact) mass is 299 g/mol. The van der Waals surface area contributed by atoms with Crippen molar-refractivity contribution in [3.63, 3.8) is 0 Å². The molecule has 0 radical (unpaired) electrons. The van der Waals surface area contributed by atoms with Gasteiger partial charge in [-0.1, -0.05) is 18.2 Å². The van der Waals surface area contributed by atoms with E-state index in [1.807, 2.05) is 58.0 Å². The Morgan fingerprint density at radius 1 is 1.14 bits per heavy atom. The summed E-state index contributed by atoms with van der Waals surface area (Å²) in [6.07, 6.45) is 1.15. The molecule has 0 aliphatic heterocycles. The Balaban J connectivity index is 1.99. The Hall–Kier alpha value is -2.56. The predicted octanol–water partition coefficient (Wildman–Crippen LogP) is 4.48. The highest BCUT2D eigenvalue weighted by Crippen LogP contribution is 2.20. The van der Waals surface area contributed by atoms with Gasteiger partial charge in [0.25, 0.3) is 0 Å². The lowest BCUT2D eigenvalue weighted by Crippen LogP contribution is -2.27. The first-order valence-electron chi connectivity index (χ1n) is 7.12. The van der Waals surface area contributed by atoms with Gasteiger partial charge >= 0.3 is 6.09 Å². The summed E-state index contributed by atoms with van der Waals surface area (Å²) in [5, 5.41) is 5.89. The molecule has 0 spiro atoms. The van der Waals surface area contributed by atoms with Crippen molar-refractivity contribution in [1.29, 1.82) is 0 Å². The van der Waals surface area contributed by atoms with E-state index in [0.717, 1.165) is 16.9 Å². The van der Waals surface area contributed by atoms with Crippen LogP contribution in [0.3, 0.4) is 0 Å². The molecule has 0 aliphatic carbocycles. The lowest BCUT2D eigenvalue weighted by atomic mass is 10.2. The number of carbonyl (C=O) groups excluding carboxylic acids is 1. The first-order valence-corrected chi connectivity index (χ1v) is 7.12. The molecule has 2 aromatic rings. The Morgan fingerprint density at radius 3 is 2.45 bits per heavy atom. The van der Waals surface area contributed by atoms with Crippen molar-refractivity contribution in [1.82, 2.24) is 4.98 Å². The molecule has 1 aromatic heterocycles. The number of anilines is 3. The maximum Gasteiger partial charge on any atom is 0.413 e. The maximum atomic E-state index is 11.7. The molecule has 0 atom stereocenters. The number of amides is 1. The number of pyridine rings is 1. The average molecular weight is 299 g/mol. The van der Waals surface area contributed by atoms with Crippen molar-refractivity contribution in [2.75, 3.05) is 10.6 Å². The summed E-state index contributed by atoms with van der Waals surface area (Å²) in [5.74, 6) is 0.449. The second-order valence-corrected chi connectivity index (χ2v) is 6.00. The number of ether oxygens (including phenoxy) is 1. The van der Waals surface area contributed by atoms with E-state index in [9.17, 15) is 4.79 Å². The molecule has 22 heavy (non-hydrogen) atoms.